The molecule has 0 aliphatic carbocycles. The van der Waals surface area contributed by atoms with Crippen molar-refractivity contribution in [3.63, 3.8) is 0 Å². The molecule has 0 fully saturated rings. The first-order valence-electron chi connectivity index (χ1n) is 6.34. The lowest BCUT2D eigenvalue weighted by Gasteiger charge is -2.18. The van der Waals surface area contributed by atoms with Crippen LogP contribution in [-0.4, -0.2) is 13.0 Å². The predicted octanol–water partition coefficient (Wildman–Crippen LogP) is 5.05. The van der Waals surface area contributed by atoms with E-state index >= 15 is 0 Å². The summed E-state index contributed by atoms with van der Waals surface area (Å²) in [6.45, 7) is 2.11. The fourth-order valence-corrected chi connectivity index (χ4v) is 3.24. The van der Waals surface area contributed by atoms with Crippen molar-refractivity contribution in [1.82, 2.24) is 0 Å². The van der Waals surface area contributed by atoms with Crippen LogP contribution in [0.3, 0.4) is 0 Å². The number of aryl methyl sites for hydroxylation is 1. The number of rotatable bonds is 3. The average molecular weight is 397 g/mol. The number of nitrogens with zero attached hydrogens (tertiary/aromatic N) is 1. The molecule has 1 amide bonds. The summed E-state index contributed by atoms with van der Waals surface area (Å²) in [5.74, 6) is -0.0313. The van der Waals surface area contributed by atoms with Crippen molar-refractivity contribution in [1.29, 1.82) is 0 Å². The van der Waals surface area contributed by atoms with E-state index in [9.17, 15) is 4.79 Å². The molecule has 0 aliphatic heterocycles. The Labute approximate surface area is 136 Å². The number of halogens is 2. The van der Waals surface area contributed by atoms with Crippen LogP contribution in [0.25, 0.3) is 0 Å². The first-order chi connectivity index (χ1) is 9.51. The average Bonchev–Trinajstić information content (AvgIpc) is 2.45. The highest BCUT2D eigenvalue weighted by atomic mass is 79.9. The smallest absolute Gasteiger partial charge is 0.258 e. The molecule has 0 aromatic heterocycles. The predicted molar refractivity (Wildman–Crippen MR) is 90.4 cm³/mol. The monoisotopic (exact) mass is 395 g/mol. The highest BCUT2D eigenvalue weighted by molar-refractivity contribution is 9.11. The van der Waals surface area contributed by atoms with E-state index < -0.39 is 0 Å². The maximum atomic E-state index is 12.5. The van der Waals surface area contributed by atoms with Crippen molar-refractivity contribution in [3.05, 3.63) is 62.5 Å². The lowest BCUT2D eigenvalue weighted by atomic mass is 10.1. The summed E-state index contributed by atoms with van der Waals surface area (Å²) in [4.78, 5) is 14.1. The van der Waals surface area contributed by atoms with Crippen molar-refractivity contribution in [2.75, 3.05) is 11.9 Å². The van der Waals surface area contributed by atoms with Gasteiger partial charge < -0.3 is 4.90 Å². The van der Waals surface area contributed by atoms with Crippen molar-refractivity contribution in [3.8, 4) is 0 Å². The van der Waals surface area contributed by atoms with E-state index in [0.29, 0.717) is 5.56 Å². The maximum absolute atomic E-state index is 12.5. The molecule has 0 aliphatic rings. The molecule has 0 saturated carbocycles. The summed E-state index contributed by atoms with van der Waals surface area (Å²) in [6.07, 6.45) is 0.997. The van der Waals surface area contributed by atoms with Gasteiger partial charge in [0.15, 0.2) is 0 Å². The normalized spacial score (nSPS) is 10.4. The van der Waals surface area contributed by atoms with E-state index in [2.05, 4.69) is 50.9 Å². The molecule has 0 heterocycles. The zero-order valence-electron chi connectivity index (χ0n) is 11.4. The van der Waals surface area contributed by atoms with Crippen molar-refractivity contribution in [2.45, 2.75) is 13.3 Å². The molecule has 4 heteroatoms. The SMILES string of the molecule is CCc1ccc(N(C)C(=O)c2cc(Br)cc(Br)c2)cc1. The van der Waals surface area contributed by atoms with Gasteiger partial charge in [-0.1, -0.05) is 50.9 Å². The van der Waals surface area contributed by atoms with Gasteiger partial charge in [-0.25, -0.2) is 0 Å². The Morgan fingerprint density at radius 3 is 2.10 bits per heavy atom. The van der Waals surface area contributed by atoms with Gasteiger partial charge in [-0.15, -0.1) is 0 Å². The fraction of sp³-hybridized carbons (Fsp3) is 0.188. The van der Waals surface area contributed by atoms with E-state index in [-0.39, 0.29) is 5.91 Å². The molecule has 20 heavy (non-hydrogen) atoms. The number of amides is 1. The van der Waals surface area contributed by atoms with Gasteiger partial charge in [0.25, 0.3) is 5.91 Å². The molecule has 0 saturated heterocycles. The molecule has 104 valence electrons. The minimum Gasteiger partial charge on any atom is -0.311 e. The zero-order valence-corrected chi connectivity index (χ0v) is 14.5. The Kier molecular flexibility index (Phi) is 5.00. The van der Waals surface area contributed by atoms with E-state index in [1.54, 1.807) is 11.9 Å². The Morgan fingerprint density at radius 1 is 1.05 bits per heavy atom. The molecule has 0 unspecified atom stereocenters. The molecule has 2 aromatic rings. The Morgan fingerprint density at radius 2 is 1.60 bits per heavy atom. The number of hydrogen-bond donors (Lipinski definition) is 0. The van der Waals surface area contributed by atoms with Gasteiger partial charge in [0.1, 0.15) is 0 Å². The van der Waals surface area contributed by atoms with E-state index in [1.165, 1.54) is 5.56 Å². The Bertz CT molecular complexity index is 603. The van der Waals surface area contributed by atoms with E-state index in [0.717, 1.165) is 21.1 Å². The van der Waals surface area contributed by atoms with Gasteiger partial charge in [-0.05, 0) is 42.3 Å². The molecule has 0 atom stereocenters. The zero-order chi connectivity index (χ0) is 14.7. The topological polar surface area (TPSA) is 20.3 Å². The summed E-state index contributed by atoms with van der Waals surface area (Å²) in [5.41, 5.74) is 2.80. The summed E-state index contributed by atoms with van der Waals surface area (Å²) >= 11 is 6.81. The number of carbonyl (C=O) groups excluding carboxylic acids is 1. The number of hydrogen-bond acceptors (Lipinski definition) is 1. The van der Waals surface area contributed by atoms with Crippen LogP contribution in [-0.2, 0) is 6.42 Å². The van der Waals surface area contributed by atoms with Crippen LogP contribution in [0.5, 0.6) is 0 Å². The third-order valence-electron chi connectivity index (χ3n) is 3.15. The first-order valence-corrected chi connectivity index (χ1v) is 7.93. The van der Waals surface area contributed by atoms with Crippen LogP contribution in [0.1, 0.15) is 22.8 Å². The lowest BCUT2D eigenvalue weighted by molar-refractivity contribution is 0.0993. The second-order valence-electron chi connectivity index (χ2n) is 4.54. The second-order valence-corrected chi connectivity index (χ2v) is 6.37. The third kappa shape index (κ3) is 3.49. The van der Waals surface area contributed by atoms with Gasteiger partial charge in [0, 0.05) is 27.2 Å². The molecular formula is C16H15Br2NO. The highest BCUT2D eigenvalue weighted by Crippen LogP contribution is 2.23. The molecule has 0 spiro atoms. The van der Waals surface area contributed by atoms with E-state index in [4.69, 9.17) is 0 Å². The summed E-state index contributed by atoms with van der Waals surface area (Å²) in [7, 11) is 1.79. The van der Waals surface area contributed by atoms with Gasteiger partial charge in [-0.2, -0.15) is 0 Å². The van der Waals surface area contributed by atoms with Gasteiger partial charge in [0.2, 0.25) is 0 Å². The summed E-state index contributed by atoms with van der Waals surface area (Å²) in [5, 5.41) is 0. The van der Waals surface area contributed by atoms with E-state index in [1.807, 2.05) is 30.3 Å². The number of carbonyl (C=O) groups is 1. The van der Waals surface area contributed by atoms with Crippen LogP contribution >= 0.6 is 31.9 Å². The number of benzene rings is 2. The van der Waals surface area contributed by atoms with Crippen LogP contribution in [0.2, 0.25) is 0 Å². The Balaban J connectivity index is 2.27. The molecule has 2 nitrogen and oxygen atoms in total. The van der Waals surface area contributed by atoms with Gasteiger partial charge in [0.05, 0.1) is 0 Å². The maximum Gasteiger partial charge on any atom is 0.258 e. The van der Waals surface area contributed by atoms with Gasteiger partial charge >= 0.3 is 0 Å². The quantitative estimate of drug-likeness (QED) is 0.710. The third-order valence-corrected chi connectivity index (χ3v) is 4.06. The Hall–Kier alpha value is -1.13. The second kappa shape index (κ2) is 6.55. The van der Waals surface area contributed by atoms with Crippen LogP contribution in [0, 0.1) is 0 Å². The molecule has 0 bridgehead atoms. The molecular weight excluding hydrogens is 382 g/mol. The molecule has 2 aromatic carbocycles. The molecule has 2 rings (SSSR count). The van der Waals surface area contributed by atoms with Crippen molar-refractivity contribution in [2.24, 2.45) is 0 Å². The van der Waals surface area contributed by atoms with Crippen LogP contribution in [0.4, 0.5) is 5.69 Å². The van der Waals surface area contributed by atoms with Crippen LogP contribution < -0.4 is 4.90 Å². The largest absolute Gasteiger partial charge is 0.311 e. The minimum atomic E-state index is -0.0313. The standard InChI is InChI=1S/C16H15Br2NO/c1-3-11-4-6-15(7-5-11)19(2)16(20)12-8-13(17)10-14(18)9-12/h4-10H,3H2,1-2H3. The van der Waals surface area contributed by atoms with Crippen molar-refractivity contribution < 1.29 is 4.79 Å². The highest BCUT2D eigenvalue weighted by Gasteiger charge is 2.14. The van der Waals surface area contributed by atoms with Gasteiger partial charge in [-0.3, -0.25) is 4.79 Å². The number of anilines is 1. The first kappa shape index (κ1) is 15.3. The molecule has 0 radical (unpaired) electrons. The lowest BCUT2D eigenvalue weighted by Crippen LogP contribution is -2.26. The van der Waals surface area contributed by atoms with Crippen LogP contribution in [0.15, 0.2) is 51.4 Å². The summed E-state index contributed by atoms with van der Waals surface area (Å²) in [6, 6.07) is 13.6. The van der Waals surface area contributed by atoms with Crippen molar-refractivity contribution >= 4 is 43.5 Å². The fourth-order valence-electron chi connectivity index (χ4n) is 1.94. The minimum absolute atomic E-state index is 0.0313. The summed E-state index contributed by atoms with van der Waals surface area (Å²) < 4.78 is 1.76. The molecule has 0 N–H and O–H groups in total.